The van der Waals surface area contributed by atoms with Crippen LogP contribution in [0.1, 0.15) is 30.9 Å². The molecule has 2 nitrogen and oxygen atoms in total. The van der Waals surface area contributed by atoms with Crippen LogP contribution in [0.25, 0.3) is 0 Å². The van der Waals surface area contributed by atoms with E-state index in [9.17, 15) is 4.39 Å². The lowest BCUT2D eigenvalue weighted by Crippen LogP contribution is -2.37. The molecule has 1 aromatic rings. The smallest absolute Gasteiger partial charge is 0.141 e. The van der Waals surface area contributed by atoms with Gasteiger partial charge in [-0.25, -0.2) is 4.39 Å². The summed E-state index contributed by atoms with van der Waals surface area (Å²) in [5, 5.41) is 0.173. The van der Waals surface area contributed by atoms with Crippen LogP contribution in [0, 0.1) is 5.82 Å². The first-order valence-corrected chi connectivity index (χ1v) is 6.38. The average molecular weight is 257 g/mol. The Hall–Kier alpha value is -0.640. The number of nitrogens with two attached hydrogens (primary N) is 1. The Morgan fingerprint density at radius 3 is 2.88 bits per heavy atom. The van der Waals surface area contributed by atoms with Crippen molar-refractivity contribution in [3.63, 3.8) is 0 Å². The predicted octanol–water partition coefficient (Wildman–Crippen LogP) is 2.96. The third-order valence-corrected chi connectivity index (χ3v) is 3.75. The summed E-state index contributed by atoms with van der Waals surface area (Å²) in [6.45, 7) is 1.02. The van der Waals surface area contributed by atoms with Crippen LogP contribution < -0.4 is 5.73 Å². The number of likely N-dealkylation sites (N-methyl/N-ethyl adjacent to an activating group) is 1. The SMILES string of the molecule is CN1CCCCC(N)C1c1ccc(F)c(Cl)c1. The molecule has 4 heteroatoms. The minimum Gasteiger partial charge on any atom is -0.326 e. The van der Waals surface area contributed by atoms with Crippen LogP contribution in [-0.2, 0) is 0 Å². The van der Waals surface area contributed by atoms with E-state index in [0.717, 1.165) is 31.4 Å². The first-order valence-electron chi connectivity index (χ1n) is 6.00. The van der Waals surface area contributed by atoms with Gasteiger partial charge in [-0.3, -0.25) is 4.90 Å². The second-order valence-corrected chi connectivity index (χ2v) is 5.17. The molecule has 0 amide bonds. The van der Waals surface area contributed by atoms with Gasteiger partial charge in [-0.1, -0.05) is 24.1 Å². The van der Waals surface area contributed by atoms with Crippen molar-refractivity contribution < 1.29 is 4.39 Å². The van der Waals surface area contributed by atoms with Gasteiger partial charge in [0.25, 0.3) is 0 Å². The van der Waals surface area contributed by atoms with Crippen LogP contribution in [0.2, 0.25) is 5.02 Å². The Morgan fingerprint density at radius 1 is 1.41 bits per heavy atom. The van der Waals surface area contributed by atoms with Crippen LogP contribution >= 0.6 is 11.6 Å². The standard InChI is InChI=1S/C13H18ClFN2/c1-17-7-3-2-4-12(16)13(17)9-5-6-11(15)10(14)8-9/h5-6,8,12-13H,2-4,7,16H2,1H3. The quantitative estimate of drug-likeness (QED) is 0.837. The Kier molecular flexibility index (Phi) is 4.02. The Morgan fingerprint density at radius 2 is 2.18 bits per heavy atom. The second kappa shape index (κ2) is 5.34. The van der Waals surface area contributed by atoms with Crippen molar-refractivity contribution in [2.45, 2.75) is 31.3 Å². The van der Waals surface area contributed by atoms with Gasteiger partial charge in [-0.15, -0.1) is 0 Å². The summed E-state index contributed by atoms with van der Waals surface area (Å²) in [6.07, 6.45) is 3.32. The summed E-state index contributed by atoms with van der Waals surface area (Å²) in [4.78, 5) is 2.24. The van der Waals surface area contributed by atoms with E-state index in [-0.39, 0.29) is 22.9 Å². The molecule has 1 aliphatic heterocycles. The fraction of sp³-hybridized carbons (Fsp3) is 0.538. The molecule has 1 aromatic carbocycles. The molecule has 94 valence electrons. The van der Waals surface area contributed by atoms with E-state index >= 15 is 0 Å². The highest BCUT2D eigenvalue weighted by Crippen LogP contribution is 2.30. The zero-order valence-electron chi connectivity index (χ0n) is 10.00. The van der Waals surface area contributed by atoms with Crippen molar-refractivity contribution in [1.82, 2.24) is 4.90 Å². The van der Waals surface area contributed by atoms with E-state index in [2.05, 4.69) is 11.9 Å². The van der Waals surface area contributed by atoms with E-state index in [4.69, 9.17) is 17.3 Å². The largest absolute Gasteiger partial charge is 0.326 e. The number of hydrogen-bond donors (Lipinski definition) is 1. The molecule has 0 radical (unpaired) electrons. The van der Waals surface area contributed by atoms with Gasteiger partial charge < -0.3 is 5.73 Å². The lowest BCUT2D eigenvalue weighted by molar-refractivity contribution is 0.230. The molecule has 2 unspecified atom stereocenters. The molecule has 1 heterocycles. The monoisotopic (exact) mass is 256 g/mol. The van der Waals surface area contributed by atoms with Gasteiger partial charge in [0.15, 0.2) is 0 Å². The number of rotatable bonds is 1. The lowest BCUT2D eigenvalue weighted by atomic mass is 9.96. The first kappa shape index (κ1) is 12.8. The molecule has 0 bridgehead atoms. The number of hydrogen-bond acceptors (Lipinski definition) is 2. The fourth-order valence-electron chi connectivity index (χ4n) is 2.56. The molecule has 0 spiro atoms. The average Bonchev–Trinajstić information content (AvgIpc) is 2.45. The number of benzene rings is 1. The van der Waals surface area contributed by atoms with Crippen LogP contribution in [0.15, 0.2) is 18.2 Å². The molecule has 0 saturated carbocycles. The van der Waals surface area contributed by atoms with E-state index < -0.39 is 0 Å². The highest BCUT2D eigenvalue weighted by Gasteiger charge is 2.26. The van der Waals surface area contributed by atoms with Gasteiger partial charge in [0.2, 0.25) is 0 Å². The maximum absolute atomic E-state index is 13.2. The van der Waals surface area contributed by atoms with Crippen molar-refractivity contribution in [2.75, 3.05) is 13.6 Å². The van der Waals surface area contributed by atoms with E-state index in [1.54, 1.807) is 12.1 Å². The van der Waals surface area contributed by atoms with Crippen molar-refractivity contribution in [3.8, 4) is 0 Å². The Balaban J connectivity index is 2.31. The predicted molar refractivity (Wildman–Crippen MR) is 68.6 cm³/mol. The maximum atomic E-state index is 13.2. The summed E-state index contributed by atoms with van der Waals surface area (Å²) in [6, 6.07) is 5.12. The van der Waals surface area contributed by atoms with E-state index in [1.807, 2.05) is 0 Å². The van der Waals surface area contributed by atoms with E-state index in [1.165, 1.54) is 6.07 Å². The zero-order valence-corrected chi connectivity index (χ0v) is 10.8. The van der Waals surface area contributed by atoms with Crippen molar-refractivity contribution in [3.05, 3.63) is 34.6 Å². The third-order valence-electron chi connectivity index (χ3n) is 3.46. The molecule has 17 heavy (non-hydrogen) atoms. The maximum Gasteiger partial charge on any atom is 0.141 e. The zero-order chi connectivity index (χ0) is 12.4. The third kappa shape index (κ3) is 2.79. The minimum atomic E-state index is -0.375. The summed E-state index contributed by atoms with van der Waals surface area (Å²) < 4.78 is 13.2. The molecule has 1 saturated heterocycles. The Labute approximate surface area is 107 Å². The summed E-state index contributed by atoms with van der Waals surface area (Å²) in [7, 11) is 2.06. The highest BCUT2D eigenvalue weighted by molar-refractivity contribution is 6.30. The van der Waals surface area contributed by atoms with Gasteiger partial charge in [-0.2, -0.15) is 0 Å². The summed E-state index contributed by atoms with van der Waals surface area (Å²) in [5.41, 5.74) is 7.22. The molecule has 2 atom stereocenters. The van der Waals surface area contributed by atoms with Gasteiger partial charge in [0.05, 0.1) is 5.02 Å². The molecular formula is C13H18ClFN2. The second-order valence-electron chi connectivity index (χ2n) is 4.76. The van der Waals surface area contributed by atoms with E-state index in [0.29, 0.717) is 0 Å². The lowest BCUT2D eigenvalue weighted by Gasteiger charge is -2.30. The molecule has 1 aliphatic rings. The number of nitrogens with zero attached hydrogens (tertiary/aromatic N) is 1. The number of halogens is 2. The molecule has 0 aliphatic carbocycles. The van der Waals surface area contributed by atoms with Gasteiger partial charge in [-0.05, 0) is 44.1 Å². The van der Waals surface area contributed by atoms with Gasteiger partial charge >= 0.3 is 0 Å². The van der Waals surface area contributed by atoms with Crippen LogP contribution in [0.4, 0.5) is 4.39 Å². The van der Waals surface area contributed by atoms with Crippen molar-refractivity contribution >= 4 is 11.6 Å². The Bertz CT molecular complexity index is 385. The van der Waals surface area contributed by atoms with Gasteiger partial charge in [0.1, 0.15) is 5.82 Å². The van der Waals surface area contributed by atoms with Crippen LogP contribution in [0.5, 0.6) is 0 Å². The molecule has 2 rings (SSSR count). The molecule has 2 N–H and O–H groups in total. The topological polar surface area (TPSA) is 29.3 Å². The number of likely N-dealkylation sites (tertiary alicyclic amines) is 1. The fourth-order valence-corrected chi connectivity index (χ4v) is 2.75. The highest BCUT2D eigenvalue weighted by atomic mass is 35.5. The molecular weight excluding hydrogens is 239 g/mol. The molecule has 0 aromatic heterocycles. The van der Waals surface area contributed by atoms with Gasteiger partial charge in [0, 0.05) is 12.1 Å². The van der Waals surface area contributed by atoms with Crippen LogP contribution in [-0.4, -0.2) is 24.5 Å². The minimum absolute atomic E-state index is 0.0871. The van der Waals surface area contributed by atoms with Crippen molar-refractivity contribution in [1.29, 1.82) is 0 Å². The first-order chi connectivity index (χ1) is 8.09. The summed E-state index contributed by atoms with van der Waals surface area (Å²) >= 11 is 5.83. The van der Waals surface area contributed by atoms with Crippen molar-refractivity contribution in [2.24, 2.45) is 5.73 Å². The summed E-state index contributed by atoms with van der Waals surface area (Å²) in [5.74, 6) is -0.375. The molecule has 1 fully saturated rings. The normalized spacial score (nSPS) is 26.8. The van der Waals surface area contributed by atoms with Crippen LogP contribution in [0.3, 0.4) is 0 Å².